The third kappa shape index (κ3) is 2.34. The zero-order valence-electron chi connectivity index (χ0n) is 9.74. The Bertz CT molecular complexity index is 476. The summed E-state index contributed by atoms with van der Waals surface area (Å²) in [5.74, 6) is 0.317. The lowest BCUT2D eigenvalue weighted by molar-refractivity contribution is -0.757. The van der Waals surface area contributed by atoms with Gasteiger partial charge in [0.05, 0.1) is 5.56 Å². The molecule has 0 aromatic heterocycles. The van der Waals surface area contributed by atoms with Crippen LogP contribution in [0.1, 0.15) is 17.3 Å². The summed E-state index contributed by atoms with van der Waals surface area (Å²) in [6, 6.07) is 6.89. The van der Waals surface area contributed by atoms with Crippen LogP contribution < -0.4 is 4.74 Å². The molecule has 1 heterocycles. The molecule has 0 saturated heterocycles. The minimum Gasteiger partial charge on any atom is -0.470 e. The van der Waals surface area contributed by atoms with Gasteiger partial charge in [0.1, 0.15) is 12.4 Å². The zero-order valence-corrected chi connectivity index (χ0v) is 9.74. The molecule has 0 N–H and O–H groups in total. The Labute approximate surface area is 103 Å². The number of amides is 1. The molecule has 1 aliphatic heterocycles. The van der Waals surface area contributed by atoms with Crippen molar-refractivity contribution in [1.82, 2.24) is 4.90 Å². The van der Waals surface area contributed by atoms with Gasteiger partial charge in [0.25, 0.3) is 11.0 Å². The second kappa shape index (κ2) is 4.91. The molecule has 0 fully saturated rings. The van der Waals surface area contributed by atoms with Crippen molar-refractivity contribution in [3.8, 4) is 5.75 Å². The van der Waals surface area contributed by atoms with E-state index in [0.29, 0.717) is 11.3 Å². The lowest BCUT2D eigenvalue weighted by Crippen LogP contribution is -2.47. The molecular formula is C11H12N2O5. The molecule has 1 unspecified atom stereocenters. The van der Waals surface area contributed by atoms with Crippen LogP contribution in [0.5, 0.6) is 5.75 Å². The van der Waals surface area contributed by atoms with Gasteiger partial charge >= 0.3 is 0 Å². The topological polar surface area (TPSA) is 81.9 Å². The van der Waals surface area contributed by atoms with E-state index < -0.39 is 11.3 Å². The van der Waals surface area contributed by atoms with Crippen molar-refractivity contribution >= 4 is 5.91 Å². The van der Waals surface area contributed by atoms with Gasteiger partial charge in [-0.25, -0.2) is 0 Å². The second-order valence-corrected chi connectivity index (χ2v) is 3.77. The third-order valence-electron chi connectivity index (χ3n) is 2.64. The summed E-state index contributed by atoms with van der Waals surface area (Å²) >= 11 is 0. The summed E-state index contributed by atoms with van der Waals surface area (Å²) in [5.41, 5.74) is 0.455. The highest BCUT2D eigenvalue weighted by Crippen LogP contribution is 2.27. The number of carbonyl (C=O) groups is 1. The predicted octanol–water partition coefficient (Wildman–Crippen LogP) is 1.08. The van der Waals surface area contributed by atoms with Crippen molar-refractivity contribution in [2.24, 2.45) is 0 Å². The predicted molar refractivity (Wildman–Crippen MR) is 60.5 cm³/mol. The standard InChI is InChI=1S/C11H12N2O5/c1-8-12(6-7-17-13(15)16)11(14)9-4-2-3-5-10(9)18-8/h2-5,8H,6-7H2,1H3. The van der Waals surface area contributed by atoms with E-state index in [-0.39, 0.29) is 19.1 Å². The van der Waals surface area contributed by atoms with Crippen LogP contribution in [0.3, 0.4) is 0 Å². The summed E-state index contributed by atoms with van der Waals surface area (Å²) in [7, 11) is 0. The van der Waals surface area contributed by atoms with Crippen molar-refractivity contribution in [3.05, 3.63) is 39.9 Å². The normalized spacial score (nSPS) is 17.9. The minimum absolute atomic E-state index is 0.106. The Morgan fingerprint density at radius 3 is 2.94 bits per heavy atom. The Morgan fingerprint density at radius 1 is 1.50 bits per heavy atom. The summed E-state index contributed by atoms with van der Waals surface area (Å²) in [6.07, 6.45) is -0.470. The Balaban J connectivity index is 2.09. The number of hydrogen-bond acceptors (Lipinski definition) is 5. The molecule has 7 nitrogen and oxygen atoms in total. The monoisotopic (exact) mass is 252 g/mol. The highest BCUT2D eigenvalue weighted by atomic mass is 16.9. The molecule has 1 atom stereocenters. The average molecular weight is 252 g/mol. The molecule has 1 aromatic carbocycles. The maximum absolute atomic E-state index is 12.1. The fourth-order valence-corrected chi connectivity index (χ4v) is 1.81. The third-order valence-corrected chi connectivity index (χ3v) is 2.64. The van der Waals surface area contributed by atoms with E-state index in [1.807, 2.05) is 0 Å². The summed E-state index contributed by atoms with van der Waals surface area (Å²) in [6.45, 7) is 1.64. The van der Waals surface area contributed by atoms with Gasteiger partial charge in [0.15, 0.2) is 6.23 Å². The number of hydrogen-bond donors (Lipinski definition) is 0. The first-order valence-corrected chi connectivity index (χ1v) is 5.43. The lowest BCUT2D eigenvalue weighted by Gasteiger charge is -2.34. The van der Waals surface area contributed by atoms with E-state index in [4.69, 9.17) is 4.74 Å². The summed E-state index contributed by atoms with van der Waals surface area (Å²) < 4.78 is 5.55. The first kappa shape index (κ1) is 12.2. The van der Waals surface area contributed by atoms with Crippen LogP contribution in [0, 0.1) is 10.1 Å². The number of carbonyl (C=O) groups excluding carboxylic acids is 1. The number of ether oxygens (including phenoxy) is 1. The molecule has 0 aliphatic carbocycles. The SMILES string of the molecule is CC1Oc2ccccc2C(=O)N1CCO[N+](=O)[O-]. The van der Waals surface area contributed by atoms with E-state index in [2.05, 4.69) is 4.84 Å². The number of rotatable bonds is 4. The second-order valence-electron chi connectivity index (χ2n) is 3.77. The molecule has 0 saturated carbocycles. The molecule has 1 amide bonds. The van der Waals surface area contributed by atoms with Crippen LogP contribution in [0.2, 0.25) is 0 Å². The number of nitrogens with zero attached hydrogens (tertiary/aromatic N) is 2. The van der Waals surface area contributed by atoms with Crippen molar-refractivity contribution < 1.29 is 19.5 Å². The van der Waals surface area contributed by atoms with Gasteiger partial charge < -0.3 is 14.5 Å². The van der Waals surface area contributed by atoms with Crippen LogP contribution in [0.15, 0.2) is 24.3 Å². The fourth-order valence-electron chi connectivity index (χ4n) is 1.81. The Hall–Kier alpha value is -2.31. The highest BCUT2D eigenvalue weighted by molar-refractivity contribution is 5.97. The minimum atomic E-state index is -0.881. The van der Waals surface area contributed by atoms with Crippen molar-refractivity contribution in [2.75, 3.05) is 13.2 Å². The Kier molecular flexibility index (Phi) is 3.31. The van der Waals surface area contributed by atoms with Gasteiger partial charge in [-0.3, -0.25) is 4.79 Å². The van der Waals surface area contributed by atoms with Crippen LogP contribution in [0.4, 0.5) is 0 Å². The molecule has 2 rings (SSSR count). The molecule has 0 radical (unpaired) electrons. The van der Waals surface area contributed by atoms with Crippen LogP contribution in [-0.2, 0) is 4.84 Å². The molecule has 7 heteroatoms. The van der Waals surface area contributed by atoms with E-state index >= 15 is 0 Å². The molecule has 0 bridgehead atoms. The van der Waals surface area contributed by atoms with Crippen molar-refractivity contribution in [1.29, 1.82) is 0 Å². The van der Waals surface area contributed by atoms with Crippen LogP contribution in [-0.4, -0.2) is 35.3 Å². The van der Waals surface area contributed by atoms with Gasteiger partial charge in [-0.2, -0.15) is 0 Å². The number of benzene rings is 1. The maximum atomic E-state index is 12.1. The van der Waals surface area contributed by atoms with E-state index in [1.165, 1.54) is 4.90 Å². The van der Waals surface area contributed by atoms with Crippen LogP contribution >= 0.6 is 0 Å². The molecule has 0 spiro atoms. The van der Waals surface area contributed by atoms with Crippen molar-refractivity contribution in [3.63, 3.8) is 0 Å². The average Bonchev–Trinajstić information content (AvgIpc) is 2.33. The molecule has 1 aliphatic rings. The van der Waals surface area contributed by atoms with Gasteiger partial charge in [0, 0.05) is 6.54 Å². The van der Waals surface area contributed by atoms with Gasteiger partial charge in [-0.15, -0.1) is 10.1 Å². The molecule has 96 valence electrons. The lowest BCUT2D eigenvalue weighted by atomic mass is 10.1. The van der Waals surface area contributed by atoms with Gasteiger partial charge in [-0.05, 0) is 19.1 Å². The smallest absolute Gasteiger partial charge is 0.294 e. The first-order chi connectivity index (χ1) is 8.59. The molecule has 18 heavy (non-hydrogen) atoms. The van der Waals surface area contributed by atoms with E-state index in [0.717, 1.165) is 0 Å². The summed E-state index contributed by atoms with van der Waals surface area (Å²) in [5, 5.41) is 9.17. The maximum Gasteiger partial charge on any atom is 0.294 e. The highest BCUT2D eigenvalue weighted by Gasteiger charge is 2.30. The van der Waals surface area contributed by atoms with E-state index in [9.17, 15) is 14.9 Å². The number of para-hydroxylation sites is 1. The Morgan fingerprint density at radius 2 is 2.22 bits per heavy atom. The molecular weight excluding hydrogens is 240 g/mol. The molecule has 1 aromatic rings. The van der Waals surface area contributed by atoms with Gasteiger partial charge in [-0.1, -0.05) is 12.1 Å². The fraction of sp³-hybridized carbons (Fsp3) is 0.364. The number of fused-ring (bicyclic) bond motifs is 1. The summed E-state index contributed by atoms with van der Waals surface area (Å²) in [4.78, 5) is 27.8. The van der Waals surface area contributed by atoms with Gasteiger partial charge in [0.2, 0.25) is 0 Å². The first-order valence-electron chi connectivity index (χ1n) is 5.43. The quantitative estimate of drug-likeness (QED) is 0.591. The largest absolute Gasteiger partial charge is 0.470 e. The van der Waals surface area contributed by atoms with Crippen molar-refractivity contribution in [2.45, 2.75) is 13.2 Å². The van der Waals surface area contributed by atoms with E-state index in [1.54, 1.807) is 31.2 Å². The van der Waals surface area contributed by atoms with Crippen LogP contribution in [0.25, 0.3) is 0 Å². The zero-order chi connectivity index (χ0) is 13.1.